The van der Waals surface area contributed by atoms with Crippen LogP contribution in [0.15, 0.2) is 24.3 Å². The molecule has 1 fully saturated rings. The number of Topliss-reactive ketones (excluding diaryl/α,β-unsaturated/α-hetero) is 1. The van der Waals surface area contributed by atoms with Crippen molar-refractivity contribution in [1.29, 1.82) is 0 Å². The molecule has 1 heterocycles. The molecule has 0 radical (unpaired) electrons. The number of hydrogen-bond donors (Lipinski definition) is 3. The van der Waals surface area contributed by atoms with E-state index >= 15 is 0 Å². The van der Waals surface area contributed by atoms with Gasteiger partial charge in [0.05, 0.1) is 6.04 Å². The van der Waals surface area contributed by atoms with Crippen molar-refractivity contribution in [2.75, 3.05) is 6.54 Å². The van der Waals surface area contributed by atoms with E-state index in [0.29, 0.717) is 13.0 Å². The molecule has 0 saturated carbocycles. The Balaban J connectivity index is 3.00. The van der Waals surface area contributed by atoms with Crippen molar-refractivity contribution >= 4 is 21.8 Å². The van der Waals surface area contributed by atoms with E-state index in [-0.39, 0.29) is 11.4 Å². The van der Waals surface area contributed by atoms with Crippen LogP contribution in [-0.4, -0.2) is 42.6 Å². The van der Waals surface area contributed by atoms with Gasteiger partial charge in [-0.05, 0) is 5.92 Å². The number of allylic oxidation sites excluding steroid dienone is 2. The number of nitrogens with one attached hydrogen (secondary N) is 2. The predicted octanol–water partition coefficient (Wildman–Crippen LogP) is 0.0159. The third-order valence-electron chi connectivity index (χ3n) is 3.11. The zero-order valence-corrected chi connectivity index (χ0v) is 12.8. The molecule has 0 aromatic carbocycles. The fourth-order valence-corrected chi connectivity index (χ4v) is 3.05. The highest BCUT2D eigenvalue weighted by Crippen LogP contribution is 2.14. The van der Waals surface area contributed by atoms with Crippen LogP contribution in [0.3, 0.4) is 0 Å². The van der Waals surface area contributed by atoms with E-state index in [1.54, 1.807) is 13.8 Å². The molecule has 2 unspecified atom stereocenters. The van der Waals surface area contributed by atoms with Crippen LogP contribution in [0.4, 0.5) is 0 Å². The molecular formula is C13H20N2O5S. The minimum absolute atomic E-state index is 0.0850. The SMILES string of the molecule is C=CC=C(C(=O)NC(C(C)C)S(=O)(=O)O)C1NCCC1=O. The van der Waals surface area contributed by atoms with E-state index in [2.05, 4.69) is 17.2 Å². The average Bonchev–Trinajstić information content (AvgIpc) is 2.77. The van der Waals surface area contributed by atoms with Crippen LogP contribution in [0.5, 0.6) is 0 Å². The van der Waals surface area contributed by atoms with E-state index < -0.39 is 33.4 Å². The fraction of sp³-hybridized carbons (Fsp3) is 0.538. The molecule has 1 saturated heterocycles. The van der Waals surface area contributed by atoms with E-state index in [0.717, 1.165) is 0 Å². The van der Waals surface area contributed by atoms with Crippen molar-refractivity contribution in [1.82, 2.24) is 10.6 Å². The quantitative estimate of drug-likeness (QED) is 0.362. The smallest absolute Gasteiger partial charge is 0.286 e. The van der Waals surface area contributed by atoms with Gasteiger partial charge in [0.2, 0.25) is 5.91 Å². The Labute approximate surface area is 124 Å². The lowest BCUT2D eigenvalue weighted by atomic mass is 10.0. The highest BCUT2D eigenvalue weighted by atomic mass is 32.2. The second kappa shape index (κ2) is 6.97. The van der Waals surface area contributed by atoms with Crippen molar-refractivity contribution < 1.29 is 22.6 Å². The Hall–Kier alpha value is -1.51. The first-order chi connectivity index (χ1) is 9.68. The maximum Gasteiger partial charge on any atom is 0.286 e. The van der Waals surface area contributed by atoms with Crippen LogP contribution in [0.1, 0.15) is 20.3 Å². The van der Waals surface area contributed by atoms with Gasteiger partial charge in [-0.25, -0.2) is 0 Å². The summed E-state index contributed by atoms with van der Waals surface area (Å²) < 4.78 is 31.7. The summed E-state index contributed by atoms with van der Waals surface area (Å²) in [5.74, 6) is -1.40. The summed E-state index contributed by atoms with van der Waals surface area (Å²) in [5, 5.41) is 3.69. The number of carbonyl (C=O) groups excluding carboxylic acids is 2. The van der Waals surface area contributed by atoms with Crippen molar-refractivity contribution in [2.45, 2.75) is 31.7 Å². The van der Waals surface area contributed by atoms with Gasteiger partial charge >= 0.3 is 0 Å². The Kier molecular flexibility index (Phi) is 5.82. The molecule has 1 aliphatic rings. The summed E-state index contributed by atoms with van der Waals surface area (Å²) in [6, 6.07) is -0.780. The molecular weight excluding hydrogens is 296 g/mol. The van der Waals surface area contributed by atoms with Crippen LogP contribution in [0.2, 0.25) is 0 Å². The molecule has 0 aromatic heterocycles. The summed E-state index contributed by atoms with van der Waals surface area (Å²) in [7, 11) is -4.44. The first-order valence-electron chi connectivity index (χ1n) is 6.54. The molecule has 1 amide bonds. The lowest BCUT2D eigenvalue weighted by molar-refractivity contribution is -0.122. The Morgan fingerprint density at radius 2 is 2.14 bits per heavy atom. The molecule has 2 atom stereocenters. The standard InChI is InChI=1S/C13H20N2O5S/c1-4-5-9(11-10(16)6-7-14-11)12(17)15-13(8(2)3)21(18,19)20/h4-5,8,11,13-14H,1,6-7H2,2-3H3,(H,15,17)(H,18,19,20). The van der Waals surface area contributed by atoms with E-state index in [1.165, 1.54) is 12.2 Å². The summed E-state index contributed by atoms with van der Waals surface area (Å²) >= 11 is 0. The average molecular weight is 316 g/mol. The molecule has 118 valence electrons. The number of carbonyl (C=O) groups is 2. The Morgan fingerprint density at radius 3 is 2.52 bits per heavy atom. The van der Waals surface area contributed by atoms with Crippen LogP contribution in [0, 0.1) is 5.92 Å². The van der Waals surface area contributed by atoms with Gasteiger partial charge < -0.3 is 10.6 Å². The number of hydrogen-bond acceptors (Lipinski definition) is 5. The second-order valence-corrected chi connectivity index (χ2v) is 6.65. The van der Waals surface area contributed by atoms with Gasteiger partial charge in [0, 0.05) is 18.5 Å². The zero-order valence-electron chi connectivity index (χ0n) is 12.0. The maximum atomic E-state index is 12.2. The van der Waals surface area contributed by atoms with Crippen LogP contribution in [-0.2, 0) is 19.7 Å². The summed E-state index contributed by atoms with van der Waals surface area (Å²) in [5.41, 5.74) is 0.0850. The molecule has 0 aliphatic carbocycles. The van der Waals surface area contributed by atoms with Gasteiger partial charge in [0.15, 0.2) is 11.2 Å². The van der Waals surface area contributed by atoms with Gasteiger partial charge in [-0.1, -0.05) is 32.6 Å². The first kappa shape index (κ1) is 17.5. The second-order valence-electron chi connectivity index (χ2n) is 5.11. The van der Waals surface area contributed by atoms with E-state index in [9.17, 15) is 18.0 Å². The van der Waals surface area contributed by atoms with Gasteiger partial charge in [-0.2, -0.15) is 8.42 Å². The fourth-order valence-electron chi connectivity index (χ4n) is 2.11. The topological polar surface area (TPSA) is 113 Å². The normalized spacial score (nSPS) is 21.4. The lowest BCUT2D eigenvalue weighted by Crippen LogP contribution is -2.47. The molecule has 3 N–H and O–H groups in total. The molecule has 1 aliphatic heterocycles. The lowest BCUT2D eigenvalue weighted by Gasteiger charge is -2.21. The Bertz CT molecular complexity index is 565. The largest absolute Gasteiger partial charge is 0.333 e. The Morgan fingerprint density at radius 1 is 1.52 bits per heavy atom. The highest BCUT2D eigenvalue weighted by Gasteiger charge is 2.34. The molecule has 0 spiro atoms. The number of ketones is 1. The summed E-state index contributed by atoms with van der Waals surface area (Å²) in [6.45, 7) is 7.04. The third-order valence-corrected chi connectivity index (χ3v) is 4.42. The van der Waals surface area contributed by atoms with Gasteiger partial charge in [-0.3, -0.25) is 14.1 Å². The summed E-state index contributed by atoms with van der Waals surface area (Å²) in [4.78, 5) is 24.0. The molecule has 0 bridgehead atoms. The van der Waals surface area contributed by atoms with Crippen molar-refractivity contribution in [3.8, 4) is 0 Å². The minimum atomic E-state index is -4.44. The van der Waals surface area contributed by atoms with Crippen molar-refractivity contribution in [3.63, 3.8) is 0 Å². The number of rotatable bonds is 6. The van der Waals surface area contributed by atoms with Crippen LogP contribution < -0.4 is 10.6 Å². The monoisotopic (exact) mass is 316 g/mol. The minimum Gasteiger partial charge on any atom is -0.333 e. The third kappa shape index (κ3) is 4.48. The molecule has 8 heteroatoms. The predicted molar refractivity (Wildman–Crippen MR) is 78.0 cm³/mol. The van der Waals surface area contributed by atoms with E-state index in [1.807, 2.05) is 0 Å². The highest BCUT2D eigenvalue weighted by molar-refractivity contribution is 7.86. The van der Waals surface area contributed by atoms with Gasteiger partial charge in [-0.15, -0.1) is 0 Å². The van der Waals surface area contributed by atoms with E-state index in [4.69, 9.17) is 4.55 Å². The summed E-state index contributed by atoms with van der Waals surface area (Å²) in [6.07, 6.45) is 3.01. The molecule has 0 aromatic rings. The van der Waals surface area contributed by atoms with Crippen LogP contribution >= 0.6 is 0 Å². The maximum absolute atomic E-state index is 12.2. The van der Waals surface area contributed by atoms with Crippen LogP contribution in [0.25, 0.3) is 0 Å². The zero-order chi connectivity index (χ0) is 16.2. The number of amides is 1. The van der Waals surface area contributed by atoms with Gasteiger partial charge in [0.1, 0.15) is 0 Å². The molecule has 7 nitrogen and oxygen atoms in total. The molecule has 1 rings (SSSR count). The van der Waals surface area contributed by atoms with Crippen molar-refractivity contribution in [2.24, 2.45) is 5.92 Å². The van der Waals surface area contributed by atoms with Crippen molar-refractivity contribution in [3.05, 3.63) is 24.3 Å². The van der Waals surface area contributed by atoms with Gasteiger partial charge in [0.25, 0.3) is 10.1 Å². The molecule has 21 heavy (non-hydrogen) atoms. The first-order valence-corrected chi connectivity index (χ1v) is 8.04.